The van der Waals surface area contributed by atoms with E-state index in [9.17, 15) is 27.2 Å². The van der Waals surface area contributed by atoms with Crippen molar-refractivity contribution in [3.63, 3.8) is 0 Å². The third kappa shape index (κ3) is 6.97. The summed E-state index contributed by atoms with van der Waals surface area (Å²) in [6.45, 7) is 3.51. The number of allylic oxidation sites excluding steroid dienone is 2. The van der Waals surface area contributed by atoms with E-state index in [0.717, 1.165) is 41.5 Å². The third-order valence-corrected chi connectivity index (χ3v) is 14.3. The molecule has 9 nitrogen and oxygen atoms in total. The first-order chi connectivity index (χ1) is 23.9. The molecule has 1 N–H and O–H groups in total. The normalized spacial score (nSPS) is 29.0. The maximum atomic E-state index is 14.6. The Balaban J connectivity index is 1.19. The topological polar surface area (TPSA) is 123 Å². The lowest BCUT2D eigenvalue weighted by molar-refractivity contribution is -0.142. The molecular formula is C38H44FN3O6S2. The van der Waals surface area contributed by atoms with Crippen LogP contribution in [0.25, 0.3) is 10.2 Å². The molecule has 0 unspecified atom stereocenters. The number of hydrogen-bond acceptors (Lipinski definition) is 8. The summed E-state index contributed by atoms with van der Waals surface area (Å²) in [4.78, 5) is 49.1. The summed E-state index contributed by atoms with van der Waals surface area (Å²) in [6, 6.07) is 11.8. The molecule has 1 aromatic heterocycles. The van der Waals surface area contributed by atoms with Gasteiger partial charge in [-0.3, -0.25) is 19.1 Å². The number of Topliss-reactive ketones (excluding diaryl/α,β-unsaturated/α-hetero) is 1. The minimum Gasteiger partial charge on any atom is -0.465 e. The molecule has 2 aliphatic carbocycles. The molecule has 2 aliphatic heterocycles. The zero-order chi connectivity index (χ0) is 35.3. The average molecular weight is 722 g/mol. The quantitative estimate of drug-likeness (QED) is 0.279. The molecule has 3 heterocycles. The predicted octanol–water partition coefficient (Wildman–Crippen LogP) is 6.44. The first kappa shape index (κ1) is 34.8. The maximum Gasteiger partial charge on any atom is 0.274 e. The van der Waals surface area contributed by atoms with Gasteiger partial charge in [-0.1, -0.05) is 60.6 Å². The summed E-state index contributed by atoms with van der Waals surface area (Å²) in [6.07, 6.45) is 9.31. The van der Waals surface area contributed by atoms with E-state index in [-0.39, 0.29) is 42.8 Å². The van der Waals surface area contributed by atoms with Crippen molar-refractivity contribution in [1.29, 1.82) is 0 Å². The number of nitrogens with zero attached hydrogens (tertiary/aromatic N) is 2. The Kier molecular flexibility index (Phi) is 9.38. The molecule has 3 aromatic rings. The molecular weight excluding hydrogens is 678 g/mol. The summed E-state index contributed by atoms with van der Waals surface area (Å²) in [5, 5.41) is 0.458. The number of nitrogens with one attached hydrogen (secondary N) is 1. The molecule has 3 fully saturated rings. The Morgan fingerprint density at radius 1 is 1.14 bits per heavy atom. The molecule has 2 amide bonds. The van der Waals surface area contributed by atoms with E-state index in [4.69, 9.17) is 4.74 Å². The SMILES string of the molecule is Cc1cc(C[C@H]2CCCCC/C=C\[C@H]3C[C@@]3(C(=O)NS(=O)(=O)C3(C)CC3)CC(=O)[C@@H]3C[C@@H](Oc4nc5ccccc5s4)CN3C2=O)ccc1F. The minimum absolute atomic E-state index is 0.163. The fourth-order valence-electron chi connectivity index (χ4n) is 7.58. The van der Waals surface area contributed by atoms with Crippen molar-refractivity contribution in [2.24, 2.45) is 17.3 Å². The van der Waals surface area contributed by atoms with Crippen molar-refractivity contribution < 1.29 is 31.9 Å². The highest BCUT2D eigenvalue weighted by molar-refractivity contribution is 7.91. The fraction of sp³-hybridized carbons (Fsp3) is 0.526. The van der Waals surface area contributed by atoms with Crippen molar-refractivity contribution >= 4 is 49.2 Å². The molecule has 0 radical (unpaired) electrons. The van der Waals surface area contributed by atoms with Crippen LogP contribution in [0.5, 0.6) is 5.19 Å². The van der Waals surface area contributed by atoms with E-state index in [1.807, 2.05) is 36.4 Å². The van der Waals surface area contributed by atoms with Crippen LogP contribution in [0, 0.1) is 30.0 Å². The average Bonchev–Trinajstić information content (AvgIpc) is 3.88. The maximum absolute atomic E-state index is 14.6. The molecule has 5 atom stereocenters. The Labute approximate surface area is 296 Å². The molecule has 4 aliphatic rings. The van der Waals surface area contributed by atoms with E-state index < -0.39 is 44.2 Å². The van der Waals surface area contributed by atoms with Gasteiger partial charge in [0.1, 0.15) is 11.9 Å². The van der Waals surface area contributed by atoms with Gasteiger partial charge in [0.15, 0.2) is 5.78 Å². The smallest absolute Gasteiger partial charge is 0.274 e. The third-order valence-electron chi connectivity index (χ3n) is 11.2. The standard InChI is InChI=1S/C38H44FN3O6S2/c1-24-18-25(14-15-29(24)39)19-26-10-6-4-3-5-7-11-27-21-38(27,35(45)41-50(46,47)37(2)16-17-37)22-32(43)31-20-28(23-42(31)34(26)44)48-36-40-30-12-8-9-13-33(30)49-36/h7-9,11-15,18,26-28,31H,3-6,10,16-17,19-23H2,1-2H3,(H,41,45)/b11-7-/t26-,27+,28-,31+,38-/m1/s1. The fourth-order valence-corrected chi connectivity index (χ4v) is 9.80. The van der Waals surface area contributed by atoms with Gasteiger partial charge in [0.2, 0.25) is 21.8 Å². The van der Waals surface area contributed by atoms with Crippen molar-refractivity contribution in [3.8, 4) is 5.19 Å². The highest BCUT2D eigenvalue weighted by Crippen LogP contribution is 2.57. The molecule has 0 spiro atoms. The first-order valence-corrected chi connectivity index (χ1v) is 20.0. The predicted molar refractivity (Wildman–Crippen MR) is 190 cm³/mol. The second-order valence-electron chi connectivity index (χ2n) is 15.0. The van der Waals surface area contributed by atoms with E-state index in [2.05, 4.69) is 9.71 Å². The molecule has 0 bridgehead atoms. The number of carbonyl (C=O) groups is 3. The van der Waals surface area contributed by atoms with Crippen LogP contribution in [0.1, 0.15) is 82.3 Å². The zero-order valence-corrected chi connectivity index (χ0v) is 30.2. The van der Waals surface area contributed by atoms with E-state index in [1.54, 1.807) is 30.9 Å². The number of rotatable bonds is 7. The summed E-state index contributed by atoms with van der Waals surface area (Å²) in [5.74, 6) is -2.09. The second kappa shape index (κ2) is 13.5. The Morgan fingerprint density at radius 2 is 1.94 bits per heavy atom. The molecule has 7 rings (SSSR count). The number of para-hydroxylation sites is 1. The van der Waals surface area contributed by atoms with Gasteiger partial charge >= 0.3 is 0 Å². The van der Waals surface area contributed by atoms with Crippen LogP contribution < -0.4 is 9.46 Å². The van der Waals surface area contributed by atoms with Crippen LogP contribution in [0.3, 0.4) is 0 Å². The number of hydrogen-bond donors (Lipinski definition) is 1. The number of ketones is 1. The number of benzene rings is 2. The van der Waals surface area contributed by atoms with Crippen molar-refractivity contribution in [2.45, 2.75) is 101 Å². The van der Waals surface area contributed by atoms with Gasteiger partial charge in [-0.05, 0) is 94.0 Å². The molecule has 266 valence electrons. The molecule has 12 heteroatoms. The monoisotopic (exact) mass is 721 g/mol. The number of fused-ring (bicyclic) bond motifs is 3. The molecule has 50 heavy (non-hydrogen) atoms. The van der Waals surface area contributed by atoms with Crippen LogP contribution in [0.4, 0.5) is 4.39 Å². The summed E-state index contributed by atoms with van der Waals surface area (Å²) < 4.78 is 49.1. The van der Waals surface area contributed by atoms with Crippen LogP contribution >= 0.6 is 11.3 Å². The number of thiazole rings is 1. The lowest BCUT2D eigenvalue weighted by Crippen LogP contribution is -2.47. The number of ether oxygens (including phenoxy) is 1. The van der Waals surface area contributed by atoms with Gasteiger partial charge in [-0.15, -0.1) is 0 Å². The molecule has 2 aromatic carbocycles. The van der Waals surface area contributed by atoms with Crippen LogP contribution in [0.2, 0.25) is 0 Å². The lowest BCUT2D eigenvalue weighted by atomic mass is 9.89. The van der Waals surface area contributed by atoms with Crippen molar-refractivity contribution in [2.75, 3.05) is 6.54 Å². The van der Waals surface area contributed by atoms with Crippen LogP contribution in [0.15, 0.2) is 54.6 Å². The summed E-state index contributed by atoms with van der Waals surface area (Å²) in [5.41, 5.74) is 0.975. The van der Waals surface area contributed by atoms with Crippen molar-refractivity contribution in [1.82, 2.24) is 14.6 Å². The zero-order valence-electron chi connectivity index (χ0n) is 28.5. The number of halogens is 1. The Morgan fingerprint density at radius 3 is 2.70 bits per heavy atom. The highest BCUT2D eigenvalue weighted by atomic mass is 32.2. The highest BCUT2D eigenvalue weighted by Gasteiger charge is 2.62. The minimum atomic E-state index is -3.90. The summed E-state index contributed by atoms with van der Waals surface area (Å²) in [7, 11) is -3.90. The first-order valence-electron chi connectivity index (χ1n) is 17.7. The van der Waals surface area contributed by atoms with E-state index in [1.165, 1.54) is 17.4 Å². The van der Waals surface area contributed by atoms with Gasteiger partial charge in [0, 0.05) is 18.8 Å². The van der Waals surface area contributed by atoms with Crippen LogP contribution in [-0.2, 0) is 30.8 Å². The lowest BCUT2D eigenvalue weighted by Gasteiger charge is -2.29. The summed E-state index contributed by atoms with van der Waals surface area (Å²) >= 11 is 1.40. The van der Waals surface area contributed by atoms with E-state index >= 15 is 0 Å². The number of aryl methyl sites for hydroxylation is 1. The second-order valence-corrected chi connectivity index (χ2v) is 18.2. The van der Waals surface area contributed by atoms with Gasteiger partial charge < -0.3 is 9.64 Å². The molecule has 1 saturated heterocycles. The van der Waals surface area contributed by atoms with E-state index in [0.29, 0.717) is 42.9 Å². The number of carbonyl (C=O) groups excluding carboxylic acids is 3. The largest absolute Gasteiger partial charge is 0.465 e. The number of sulfonamides is 1. The van der Waals surface area contributed by atoms with Gasteiger partial charge in [-0.25, -0.2) is 17.8 Å². The molecule has 2 saturated carbocycles. The van der Waals surface area contributed by atoms with Crippen molar-refractivity contribution in [3.05, 3.63) is 71.6 Å². The van der Waals surface area contributed by atoms with Crippen LogP contribution in [-0.4, -0.2) is 59.3 Å². The number of aromatic nitrogens is 1. The Bertz CT molecular complexity index is 1920. The Hall–Kier alpha value is -3.64. The van der Waals surface area contributed by atoms with Gasteiger partial charge in [0.25, 0.3) is 5.19 Å². The number of amides is 2. The van der Waals surface area contributed by atoms with Gasteiger partial charge in [-0.2, -0.15) is 0 Å². The van der Waals surface area contributed by atoms with Gasteiger partial charge in [0.05, 0.1) is 33.0 Å².